The number of aliphatic hydroxyl groups is 1. The Labute approximate surface area is 107 Å². The number of para-hydroxylation sites is 1. The third kappa shape index (κ3) is 3.01. The molecule has 1 aliphatic rings. The van der Waals surface area contributed by atoms with Crippen LogP contribution in [0, 0.1) is 5.92 Å². The number of amides is 1. The van der Waals surface area contributed by atoms with Crippen molar-refractivity contribution in [3.05, 3.63) is 29.8 Å². The molecule has 98 valence electrons. The van der Waals surface area contributed by atoms with Gasteiger partial charge < -0.3 is 16.2 Å². The predicted octanol–water partition coefficient (Wildman–Crippen LogP) is 1.09. The minimum absolute atomic E-state index is 0.0155. The molecule has 0 saturated heterocycles. The van der Waals surface area contributed by atoms with E-state index in [1.165, 1.54) is 0 Å². The van der Waals surface area contributed by atoms with Crippen LogP contribution in [0.5, 0.6) is 0 Å². The van der Waals surface area contributed by atoms with Crippen LogP contribution < -0.4 is 11.1 Å². The molecular formula is C14H20N2O2. The average Bonchev–Trinajstić information content (AvgIpc) is 2.79. The molecule has 18 heavy (non-hydrogen) atoms. The van der Waals surface area contributed by atoms with Crippen molar-refractivity contribution in [3.8, 4) is 0 Å². The lowest BCUT2D eigenvalue weighted by molar-refractivity contribution is -0.121. The Hall–Kier alpha value is -1.55. The molecule has 1 saturated carbocycles. The molecule has 1 aliphatic carbocycles. The molecule has 4 heteroatoms. The highest BCUT2D eigenvalue weighted by molar-refractivity contribution is 5.80. The number of anilines is 1. The molecule has 0 aromatic heterocycles. The first-order chi connectivity index (χ1) is 8.70. The molecule has 1 amide bonds. The van der Waals surface area contributed by atoms with Gasteiger partial charge >= 0.3 is 0 Å². The normalized spacial score (nSPS) is 22.9. The van der Waals surface area contributed by atoms with E-state index in [-0.39, 0.29) is 24.5 Å². The fourth-order valence-electron chi connectivity index (χ4n) is 2.57. The van der Waals surface area contributed by atoms with E-state index in [1.54, 1.807) is 6.07 Å². The molecule has 1 aromatic rings. The second kappa shape index (κ2) is 5.87. The molecule has 2 atom stereocenters. The third-order valence-corrected chi connectivity index (χ3v) is 3.65. The van der Waals surface area contributed by atoms with Gasteiger partial charge in [0.05, 0.1) is 6.42 Å². The second-order valence-electron chi connectivity index (χ2n) is 4.92. The molecular weight excluding hydrogens is 228 g/mol. The Kier molecular flexibility index (Phi) is 4.20. The number of carbonyl (C=O) groups excluding carboxylic acids is 1. The van der Waals surface area contributed by atoms with E-state index in [9.17, 15) is 9.90 Å². The van der Waals surface area contributed by atoms with E-state index < -0.39 is 0 Å². The van der Waals surface area contributed by atoms with Crippen molar-refractivity contribution in [2.45, 2.75) is 31.7 Å². The van der Waals surface area contributed by atoms with Crippen LogP contribution in [0.15, 0.2) is 24.3 Å². The Bertz CT molecular complexity index is 420. The summed E-state index contributed by atoms with van der Waals surface area (Å²) in [4.78, 5) is 11.9. The van der Waals surface area contributed by atoms with Crippen molar-refractivity contribution < 1.29 is 9.90 Å². The molecule has 0 radical (unpaired) electrons. The van der Waals surface area contributed by atoms with Gasteiger partial charge in [-0.2, -0.15) is 0 Å². The molecule has 0 bridgehead atoms. The summed E-state index contributed by atoms with van der Waals surface area (Å²) in [5.74, 6) is 0.195. The second-order valence-corrected chi connectivity index (χ2v) is 4.92. The van der Waals surface area contributed by atoms with Gasteiger partial charge in [-0.15, -0.1) is 0 Å². The van der Waals surface area contributed by atoms with Crippen LogP contribution in [0.3, 0.4) is 0 Å². The number of nitrogens with one attached hydrogen (secondary N) is 1. The maximum absolute atomic E-state index is 11.9. The van der Waals surface area contributed by atoms with E-state index in [0.29, 0.717) is 12.1 Å². The van der Waals surface area contributed by atoms with Crippen LogP contribution in [0.4, 0.5) is 5.69 Å². The number of benzene rings is 1. The highest BCUT2D eigenvalue weighted by Crippen LogP contribution is 2.25. The van der Waals surface area contributed by atoms with E-state index in [2.05, 4.69) is 5.32 Å². The quantitative estimate of drug-likeness (QED) is 0.698. The molecule has 4 N–H and O–H groups in total. The first-order valence-corrected chi connectivity index (χ1v) is 6.44. The number of nitrogens with two attached hydrogens (primary N) is 1. The molecule has 1 aromatic carbocycles. The zero-order valence-corrected chi connectivity index (χ0v) is 10.4. The zero-order chi connectivity index (χ0) is 13.0. The highest BCUT2D eigenvalue weighted by atomic mass is 16.3. The van der Waals surface area contributed by atoms with Gasteiger partial charge in [-0.05, 0) is 24.5 Å². The van der Waals surface area contributed by atoms with Gasteiger partial charge in [0.25, 0.3) is 0 Å². The van der Waals surface area contributed by atoms with Crippen LogP contribution >= 0.6 is 0 Å². The lowest BCUT2D eigenvalue weighted by Crippen LogP contribution is -2.39. The van der Waals surface area contributed by atoms with Crippen molar-refractivity contribution in [1.82, 2.24) is 5.32 Å². The minimum Gasteiger partial charge on any atom is -0.398 e. The van der Waals surface area contributed by atoms with Gasteiger partial charge in [0.15, 0.2) is 0 Å². The Balaban J connectivity index is 1.91. The third-order valence-electron chi connectivity index (χ3n) is 3.65. The SMILES string of the molecule is Nc1ccccc1CC(=O)NC1CCCC1CO. The summed E-state index contributed by atoms with van der Waals surface area (Å²) in [6.07, 6.45) is 3.33. The molecule has 0 heterocycles. The number of nitrogen functional groups attached to an aromatic ring is 1. The minimum atomic E-state index is -0.0155. The van der Waals surface area contributed by atoms with Crippen LogP contribution in [0.2, 0.25) is 0 Å². The molecule has 1 fully saturated rings. The fourth-order valence-corrected chi connectivity index (χ4v) is 2.57. The Morgan fingerprint density at radius 1 is 1.39 bits per heavy atom. The van der Waals surface area contributed by atoms with E-state index >= 15 is 0 Å². The number of aliphatic hydroxyl groups excluding tert-OH is 1. The van der Waals surface area contributed by atoms with E-state index in [1.807, 2.05) is 18.2 Å². The number of hydrogen-bond acceptors (Lipinski definition) is 3. The summed E-state index contributed by atoms with van der Waals surface area (Å²) in [5.41, 5.74) is 7.32. The molecule has 0 spiro atoms. The van der Waals surface area contributed by atoms with Crippen LogP contribution in [0.25, 0.3) is 0 Å². The Morgan fingerprint density at radius 3 is 2.89 bits per heavy atom. The highest BCUT2D eigenvalue weighted by Gasteiger charge is 2.27. The largest absolute Gasteiger partial charge is 0.398 e. The summed E-state index contributed by atoms with van der Waals surface area (Å²) < 4.78 is 0. The van der Waals surface area contributed by atoms with Gasteiger partial charge in [-0.25, -0.2) is 0 Å². The first-order valence-electron chi connectivity index (χ1n) is 6.44. The standard InChI is InChI=1S/C14H20N2O2/c15-12-6-2-1-4-10(12)8-14(18)16-13-7-3-5-11(13)9-17/h1-2,4,6,11,13,17H,3,5,7-9,15H2,(H,16,18). The van der Waals surface area contributed by atoms with Crippen molar-refractivity contribution >= 4 is 11.6 Å². The zero-order valence-electron chi connectivity index (χ0n) is 10.4. The summed E-state index contributed by atoms with van der Waals surface area (Å²) >= 11 is 0. The van der Waals surface area contributed by atoms with Crippen molar-refractivity contribution in [3.63, 3.8) is 0 Å². The summed E-state index contributed by atoms with van der Waals surface area (Å²) in [6.45, 7) is 0.151. The Morgan fingerprint density at radius 2 is 2.17 bits per heavy atom. The molecule has 4 nitrogen and oxygen atoms in total. The maximum atomic E-state index is 11.9. The molecule has 2 unspecified atom stereocenters. The van der Waals surface area contributed by atoms with Gasteiger partial charge in [0.1, 0.15) is 0 Å². The van der Waals surface area contributed by atoms with Crippen molar-refractivity contribution in [2.75, 3.05) is 12.3 Å². The monoisotopic (exact) mass is 248 g/mol. The fraction of sp³-hybridized carbons (Fsp3) is 0.500. The van der Waals surface area contributed by atoms with Crippen LogP contribution in [0.1, 0.15) is 24.8 Å². The summed E-state index contributed by atoms with van der Waals surface area (Å²) in [7, 11) is 0. The number of carbonyl (C=O) groups is 1. The van der Waals surface area contributed by atoms with Crippen molar-refractivity contribution in [1.29, 1.82) is 0 Å². The average molecular weight is 248 g/mol. The first kappa shape index (κ1) is 12.9. The van der Waals surface area contributed by atoms with Gasteiger partial charge in [-0.3, -0.25) is 4.79 Å². The summed E-state index contributed by atoms with van der Waals surface area (Å²) in [5, 5.41) is 12.2. The maximum Gasteiger partial charge on any atom is 0.224 e. The predicted molar refractivity (Wildman–Crippen MR) is 70.9 cm³/mol. The molecule has 2 rings (SSSR count). The lowest BCUT2D eigenvalue weighted by Gasteiger charge is -2.19. The number of rotatable bonds is 4. The van der Waals surface area contributed by atoms with Crippen LogP contribution in [-0.4, -0.2) is 23.7 Å². The van der Waals surface area contributed by atoms with Gasteiger partial charge in [0, 0.05) is 24.3 Å². The van der Waals surface area contributed by atoms with Gasteiger partial charge in [0.2, 0.25) is 5.91 Å². The topological polar surface area (TPSA) is 75.4 Å². The smallest absolute Gasteiger partial charge is 0.224 e. The van der Waals surface area contributed by atoms with E-state index in [4.69, 9.17) is 5.73 Å². The van der Waals surface area contributed by atoms with E-state index in [0.717, 1.165) is 24.8 Å². The molecule has 0 aliphatic heterocycles. The summed E-state index contributed by atoms with van der Waals surface area (Å²) in [6, 6.07) is 7.52. The van der Waals surface area contributed by atoms with Crippen LogP contribution in [-0.2, 0) is 11.2 Å². The number of hydrogen-bond donors (Lipinski definition) is 3. The van der Waals surface area contributed by atoms with Crippen molar-refractivity contribution in [2.24, 2.45) is 5.92 Å². The lowest BCUT2D eigenvalue weighted by atomic mass is 10.0. The van der Waals surface area contributed by atoms with Gasteiger partial charge in [-0.1, -0.05) is 24.6 Å².